The average Bonchev–Trinajstić information content (AvgIpc) is 2.15. The van der Waals surface area contributed by atoms with Crippen LogP contribution in [0.15, 0.2) is 0 Å². The van der Waals surface area contributed by atoms with Gasteiger partial charge >= 0.3 is 0 Å². The molecule has 0 aromatic carbocycles. The van der Waals surface area contributed by atoms with Crippen molar-refractivity contribution in [2.24, 2.45) is 0 Å². The number of aliphatic hydroxyl groups is 3. The van der Waals surface area contributed by atoms with Crippen LogP contribution in [0.25, 0.3) is 0 Å². The molecule has 13 heavy (non-hydrogen) atoms. The molecule has 5 nitrogen and oxygen atoms in total. The summed E-state index contributed by atoms with van der Waals surface area (Å²) in [5, 5.41) is 27.0. The van der Waals surface area contributed by atoms with Gasteiger partial charge in [0.1, 0.15) is 18.3 Å². The van der Waals surface area contributed by atoms with Gasteiger partial charge in [-0.3, -0.25) is 0 Å². The number of alkyl halides is 1. The fourth-order valence-electron chi connectivity index (χ4n) is 1.24. The lowest BCUT2D eigenvalue weighted by atomic mass is 10.0. The third-order valence-corrected chi connectivity index (χ3v) is 2.03. The molecule has 0 bridgehead atoms. The van der Waals surface area contributed by atoms with E-state index in [4.69, 9.17) is 14.9 Å². The van der Waals surface area contributed by atoms with Gasteiger partial charge in [-0.15, -0.1) is 0 Å². The van der Waals surface area contributed by atoms with E-state index in [1.165, 1.54) is 7.11 Å². The molecule has 0 saturated carbocycles. The van der Waals surface area contributed by atoms with Gasteiger partial charge in [-0.05, 0) is 0 Å². The van der Waals surface area contributed by atoms with E-state index in [2.05, 4.69) is 4.74 Å². The minimum atomic E-state index is -1.80. The van der Waals surface area contributed by atoms with Crippen LogP contribution in [0, 0.1) is 0 Å². The van der Waals surface area contributed by atoms with E-state index in [0.29, 0.717) is 0 Å². The smallest absolute Gasteiger partial charge is 0.186 e. The first-order chi connectivity index (χ1) is 6.11. The molecule has 0 aromatic rings. The Bertz CT molecular complexity index is 147. The quantitative estimate of drug-likeness (QED) is 0.496. The van der Waals surface area contributed by atoms with Crippen LogP contribution in [0.3, 0.4) is 0 Å². The summed E-state index contributed by atoms with van der Waals surface area (Å²) in [7, 11) is 1.26. The first kappa shape index (κ1) is 10.8. The Balaban J connectivity index is 2.66. The maximum Gasteiger partial charge on any atom is 0.186 e. The van der Waals surface area contributed by atoms with Crippen LogP contribution in [-0.2, 0) is 9.47 Å². The van der Waals surface area contributed by atoms with Gasteiger partial charge in [0.2, 0.25) is 0 Å². The lowest BCUT2D eigenvalue weighted by Crippen LogP contribution is -2.57. The highest BCUT2D eigenvalue weighted by atomic mass is 19.1. The maximum absolute atomic E-state index is 13.1. The molecule has 0 spiro atoms. The summed E-state index contributed by atoms with van der Waals surface area (Å²) in [6, 6.07) is 0. The lowest BCUT2D eigenvalue weighted by molar-refractivity contribution is -0.283. The molecule has 1 heterocycles. The first-order valence-corrected chi connectivity index (χ1v) is 3.91. The summed E-state index contributed by atoms with van der Waals surface area (Å²) in [4.78, 5) is 0. The highest BCUT2D eigenvalue weighted by molar-refractivity contribution is 4.88. The fourth-order valence-corrected chi connectivity index (χ4v) is 1.24. The number of hydrogen-bond donors (Lipinski definition) is 3. The van der Waals surface area contributed by atoms with E-state index in [1.54, 1.807) is 0 Å². The fraction of sp³-hybridized carbons (Fsp3) is 1.00. The SMILES string of the molecule is CO[C@H]1OC(CO)[C@@H](F)C(O)C1O. The lowest BCUT2D eigenvalue weighted by Gasteiger charge is -2.37. The Labute approximate surface area is 74.7 Å². The number of rotatable bonds is 2. The van der Waals surface area contributed by atoms with Crippen LogP contribution < -0.4 is 0 Å². The first-order valence-electron chi connectivity index (χ1n) is 3.91. The Morgan fingerprint density at radius 1 is 1.38 bits per heavy atom. The summed E-state index contributed by atoms with van der Waals surface area (Å²) in [5.41, 5.74) is 0. The second-order valence-electron chi connectivity index (χ2n) is 2.89. The van der Waals surface area contributed by atoms with Crippen LogP contribution in [0.4, 0.5) is 4.39 Å². The molecule has 5 atom stereocenters. The molecule has 78 valence electrons. The van der Waals surface area contributed by atoms with Crippen molar-refractivity contribution in [3.63, 3.8) is 0 Å². The summed E-state index contributed by atoms with van der Waals surface area (Å²) < 4.78 is 22.5. The molecule has 0 aliphatic carbocycles. The molecule has 3 N–H and O–H groups in total. The third kappa shape index (κ3) is 1.97. The molecule has 6 heteroatoms. The van der Waals surface area contributed by atoms with Crippen molar-refractivity contribution in [2.45, 2.75) is 30.8 Å². The Morgan fingerprint density at radius 3 is 2.46 bits per heavy atom. The standard InChI is InChI=1S/C7H13FO5/c1-12-7-6(11)5(10)4(8)3(2-9)13-7/h3-7,9-11H,2H2,1H3/t3?,4-,5?,6?,7+/m1/s1. The topological polar surface area (TPSA) is 79.2 Å². The van der Waals surface area contributed by atoms with Crippen LogP contribution in [0.1, 0.15) is 0 Å². The van der Waals surface area contributed by atoms with E-state index >= 15 is 0 Å². The number of halogens is 1. The molecule has 1 rings (SSSR count). The van der Waals surface area contributed by atoms with Crippen molar-refractivity contribution in [1.29, 1.82) is 0 Å². The molecular weight excluding hydrogens is 183 g/mol. The zero-order chi connectivity index (χ0) is 10.0. The van der Waals surface area contributed by atoms with E-state index in [-0.39, 0.29) is 0 Å². The van der Waals surface area contributed by atoms with E-state index in [0.717, 1.165) is 0 Å². The van der Waals surface area contributed by atoms with Gasteiger partial charge in [0.15, 0.2) is 12.5 Å². The summed E-state index contributed by atoms with van der Waals surface area (Å²) in [5.74, 6) is 0. The largest absolute Gasteiger partial charge is 0.394 e. The van der Waals surface area contributed by atoms with Gasteiger partial charge in [-0.1, -0.05) is 0 Å². The maximum atomic E-state index is 13.1. The third-order valence-electron chi connectivity index (χ3n) is 2.03. The van der Waals surface area contributed by atoms with Gasteiger partial charge in [0, 0.05) is 7.11 Å². The Kier molecular flexibility index (Phi) is 3.57. The Morgan fingerprint density at radius 2 is 2.00 bits per heavy atom. The van der Waals surface area contributed by atoms with Gasteiger partial charge in [0.25, 0.3) is 0 Å². The Hall–Kier alpha value is -0.270. The number of aliphatic hydroxyl groups excluding tert-OH is 3. The number of hydrogen-bond acceptors (Lipinski definition) is 5. The van der Waals surface area contributed by atoms with Crippen molar-refractivity contribution in [3.8, 4) is 0 Å². The molecule has 0 aromatic heterocycles. The van der Waals surface area contributed by atoms with Crippen LogP contribution in [0.5, 0.6) is 0 Å². The van der Waals surface area contributed by atoms with Crippen molar-refractivity contribution in [3.05, 3.63) is 0 Å². The van der Waals surface area contributed by atoms with Gasteiger partial charge in [-0.2, -0.15) is 0 Å². The van der Waals surface area contributed by atoms with Crippen molar-refractivity contribution >= 4 is 0 Å². The molecule has 0 amide bonds. The second-order valence-corrected chi connectivity index (χ2v) is 2.89. The number of methoxy groups -OCH3 is 1. The molecule has 3 unspecified atom stereocenters. The predicted octanol–water partition coefficient (Wildman–Crippen LogP) is -1.59. The zero-order valence-corrected chi connectivity index (χ0v) is 7.13. The molecule has 0 radical (unpaired) electrons. The number of ether oxygens (including phenoxy) is 2. The average molecular weight is 196 g/mol. The zero-order valence-electron chi connectivity index (χ0n) is 7.13. The highest BCUT2D eigenvalue weighted by Crippen LogP contribution is 2.23. The summed E-state index contributed by atoms with van der Waals surface area (Å²) >= 11 is 0. The minimum absolute atomic E-state index is 0.565. The van der Waals surface area contributed by atoms with E-state index in [9.17, 15) is 9.50 Å². The normalized spacial score (nSPS) is 46.4. The predicted molar refractivity (Wildman–Crippen MR) is 39.7 cm³/mol. The van der Waals surface area contributed by atoms with Crippen molar-refractivity contribution < 1.29 is 29.2 Å². The van der Waals surface area contributed by atoms with E-state index in [1.807, 2.05) is 0 Å². The van der Waals surface area contributed by atoms with Gasteiger partial charge in [0.05, 0.1) is 6.61 Å². The van der Waals surface area contributed by atoms with Gasteiger partial charge < -0.3 is 24.8 Å². The summed E-state index contributed by atoms with van der Waals surface area (Å²) in [6.45, 7) is -0.565. The second kappa shape index (κ2) is 4.30. The molecule has 1 saturated heterocycles. The van der Waals surface area contributed by atoms with E-state index < -0.39 is 37.4 Å². The molecule has 1 aliphatic heterocycles. The highest BCUT2D eigenvalue weighted by Gasteiger charge is 2.44. The summed E-state index contributed by atoms with van der Waals surface area (Å²) in [6.07, 6.45) is -7.06. The van der Waals surface area contributed by atoms with Crippen molar-refractivity contribution in [2.75, 3.05) is 13.7 Å². The van der Waals surface area contributed by atoms with Crippen LogP contribution >= 0.6 is 0 Å². The van der Waals surface area contributed by atoms with Crippen molar-refractivity contribution in [1.82, 2.24) is 0 Å². The van der Waals surface area contributed by atoms with Gasteiger partial charge in [-0.25, -0.2) is 4.39 Å². The molecule has 1 fully saturated rings. The van der Waals surface area contributed by atoms with Crippen LogP contribution in [0.2, 0.25) is 0 Å². The molecular formula is C7H13FO5. The van der Waals surface area contributed by atoms with Crippen LogP contribution in [-0.4, -0.2) is 59.8 Å². The minimum Gasteiger partial charge on any atom is -0.394 e. The molecule has 1 aliphatic rings. The monoisotopic (exact) mass is 196 g/mol.